The maximum Gasteiger partial charge on any atom is 0.120 e. The Balaban J connectivity index is 1.89. The van der Waals surface area contributed by atoms with Crippen LogP contribution in [0.3, 0.4) is 0 Å². The Morgan fingerprint density at radius 2 is 1.89 bits per heavy atom. The van der Waals surface area contributed by atoms with E-state index in [0.29, 0.717) is 6.61 Å². The molecule has 19 heavy (non-hydrogen) atoms. The summed E-state index contributed by atoms with van der Waals surface area (Å²) >= 11 is 0. The topological polar surface area (TPSA) is 29.5 Å². The number of aliphatic hydroxyl groups excluding tert-OH is 1. The van der Waals surface area contributed by atoms with E-state index in [2.05, 4.69) is 0 Å². The van der Waals surface area contributed by atoms with E-state index in [9.17, 15) is 5.11 Å². The molecule has 0 radical (unpaired) electrons. The summed E-state index contributed by atoms with van der Waals surface area (Å²) in [4.78, 5) is 0. The predicted molar refractivity (Wildman–Crippen MR) is 78.0 cm³/mol. The third kappa shape index (κ3) is 4.27. The van der Waals surface area contributed by atoms with Gasteiger partial charge in [-0.25, -0.2) is 0 Å². The summed E-state index contributed by atoms with van der Waals surface area (Å²) in [6.45, 7) is 2.26. The van der Waals surface area contributed by atoms with E-state index in [1.54, 1.807) is 6.92 Å². The Labute approximate surface area is 114 Å². The highest BCUT2D eigenvalue weighted by Gasteiger charge is 2.01. The van der Waals surface area contributed by atoms with Gasteiger partial charge in [0.2, 0.25) is 0 Å². The lowest BCUT2D eigenvalue weighted by Crippen LogP contribution is -1.96. The van der Waals surface area contributed by atoms with Crippen molar-refractivity contribution in [2.75, 3.05) is 6.61 Å². The molecule has 1 N–H and O–H groups in total. The van der Waals surface area contributed by atoms with Crippen molar-refractivity contribution in [2.24, 2.45) is 0 Å². The van der Waals surface area contributed by atoms with E-state index in [1.807, 2.05) is 66.7 Å². The molecule has 2 aromatic carbocycles. The van der Waals surface area contributed by atoms with Crippen molar-refractivity contribution in [3.63, 3.8) is 0 Å². The lowest BCUT2D eigenvalue weighted by Gasteiger charge is -2.07. The maximum absolute atomic E-state index is 9.50. The number of hydrogen-bond acceptors (Lipinski definition) is 2. The summed E-state index contributed by atoms with van der Waals surface area (Å²) in [5, 5.41) is 9.50. The minimum Gasteiger partial charge on any atom is -0.490 e. The summed E-state index contributed by atoms with van der Waals surface area (Å²) in [6, 6.07) is 17.6. The van der Waals surface area contributed by atoms with Crippen molar-refractivity contribution >= 4 is 6.08 Å². The van der Waals surface area contributed by atoms with Crippen LogP contribution < -0.4 is 4.74 Å². The van der Waals surface area contributed by atoms with Gasteiger partial charge in [-0.05, 0) is 36.3 Å². The third-order valence-corrected chi connectivity index (χ3v) is 2.80. The molecule has 0 fully saturated rings. The monoisotopic (exact) mass is 254 g/mol. The van der Waals surface area contributed by atoms with Crippen LogP contribution in [0.15, 0.2) is 60.7 Å². The van der Waals surface area contributed by atoms with E-state index in [4.69, 9.17) is 4.74 Å². The normalized spacial score (nSPS) is 12.5. The van der Waals surface area contributed by atoms with E-state index in [1.165, 1.54) is 0 Å². The number of benzene rings is 2. The van der Waals surface area contributed by atoms with Gasteiger partial charge >= 0.3 is 0 Å². The van der Waals surface area contributed by atoms with E-state index in [-0.39, 0.29) is 0 Å². The van der Waals surface area contributed by atoms with Gasteiger partial charge in [-0.3, -0.25) is 0 Å². The maximum atomic E-state index is 9.50. The molecule has 0 unspecified atom stereocenters. The first-order valence-corrected chi connectivity index (χ1v) is 6.38. The Hall–Kier alpha value is -2.06. The van der Waals surface area contributed by atoms with Crippen molar-refractivity contribution < 1.29 is 9.84 Å². The smallest absolute Gasteiger partial charge is 0.120 e. The fourth-order valence-corrected chi connectivity index (χ4v) is 1.76. The van der Waals surface area contributed by atoms with Crippen LogP contribution in [0.5, 0.6) is 5.75 Å². The highest BCUT2D eigenvalue weighted by atomic mass is 16.5. The zero-order chi connectivity index (χ0) is 13.5. The quantitative estimate of drug-likeness (QED) is 0.878. The second-order valence-corrected chi connectivity index (χ2v) is 4.37. The zero-order valence-corrected chi connectivity index (χ0v) is 11.0. The number of ether oxygens (including phenoxy) is 1. The molecule has 0 saturated heterocycles. The standard InChI is InChI=1S/C17H18O2/c1-14(18)16-10-5-11-17(13-16)19-12-6-9-15-7-3-2-4-8-15/h2-11,13-14,18H,12H2,1H3/t14-/m1/s1. The fraction of sp³-hybridized carbons (Fsp3) is 0.176. The first-order chi connectivity index (χ1) is 9.25. The Kier molecular flexibility index (Phi) is 4.76. The summed E-state index contributed by atoms with van der Waals surface area (Å²) in [5.41, 5.74) is 2.02. The molecule has 0 saturated carbocycles. The highest BCUT2D eigenvalue weighted by molar-refractivity contribution is 5.48. The van der Waals surface area contributed by atoms with Crippen LogP contribution in [0, 0.1) is 0 Å². The minimum absolute atomic E-state index is 0.469. The molecule has 0 amide bonds. The lowest BCUT2D eigenvalue weighted by atomic mass is 10.1. The molecule has 98 valence electrons. The number of aliphatic hydroxyl groups is 1. The van der Waals surface area contributed by atoms with Crippen LogP contribution in [-0.4, -0.2) is 11.7 Å². The van der Waals surface area contributed by atoms with Crippen molar-refractivity contribution in [3.8, 4) is 5.75 Å². The average molecular weight is 254 g/mol. The second kappa shape index (κ2) is 6.76. The van der Waals surface area contributed by atoms with Gasteiger partial charge < -0.3 is 9.84 Å². The molecule has 0 aromatic heterocycles. The molecule has 2 nitrogen and oxygen atoms in total. The second-order valence-electron chi connectivity index (χ2n) is 4.37. The number of rotatable bonds is 5. The Bertz CT molecular complexity index is 530. The van der Waals surface area contributed by atoms with Crippen LogP contribution in [0.2, 0.25) is 0 Å². The van der Waals surface area contributed by atoms with Gasteiger partial charge in [0.1, 0.15) is 12.4 Å². The summed E-state index contributed by atoms with van der Waals surface area (Å²) < 4.78 is 5.62. The predicted octanol–water partition coefficient (Wildman–Crippen LogP) is 3.83. The third-order valence-electron chi connectivity index (χ3n) is 2.80. The molecule has 0 aliphatic rings. The van der Waals surface area contributed by atoms with Gasteiger partial charge in [0, 0.05) is 0 Å². The summed E-state index contributed by atoms with van der Waals surface area (Å²) in [5.74, 6) is 0.774. The van der Waals surface area contributed by atoms with Gasteiger partial charge in [-0.2, -0.15) is 0 Å². The van der Waals surface area contributed by atoms with E-state index in [0.717, 1.165) is 16.9 Å². The Morgan fingerprint density at radius 1 is 1.11 bits per heavy atom. The largest absolute Gasteiger partial charge is 0.490 e. The summed E-state index contributed by atoms with van der Waals surface area (Å²) in [6.07, 6.45) is 3.53. The highest BCUT2D eigenvalue weighted by Crippen LogP contribution is 2.18. The van der Waals surface area contributed by atoms with E-state index < -0.39 is 6.10 Å². The van der Waals surface area contributed by atoms with Crippen molar-refractivity contribution in [2.45, 2.75) is 13.0 Å². The van der Waals surface area contributed by atoms with E-state index >= 15 is 0 Å². The first kappa shape index (κ1) is 13.4. The van der Waals surface area contributed by atoms with Crippen LogP contribution in [0.4, 0.5) is 0 Å². The van der Waals surface area contributed by atoms with Gasteiger partial charge in [0.25, 0.3) is 0 Å². The zero-order valence-electron chi connectivity index (χ0n) is 11.0. The van der Waals surface area contributed by atoms with Gasteiger partial charge in [-0.15, -0.1) is 0 Å². The molecule has 0 aliphatic heterocycles. The molecule has 0 spiro atoms. The van der Waals surface area contributed by atoms with Gasteiger partial charge in [0.15, 0.2) is 0 Å². The van der Waals surface area contributed by atoms with Crippen molar-refractivity contribution in [1.29, 1.82) is 0 Å². The molecule has 2 rings (SSSR count). The Morgan fingerprint density at radius 3 is 2.63 bits per heavy atom. The van der Waals surface area contributed by atoms with Crippen molar-refractivity contribution in [3.05, 3.63) is 71.8 Å². The first-order valence-electron chi connectivity index (χ1n) is 6.38. The SMILES string of the molecule is C[C@@H](O)c1cccc(OCC=Cc2ccccc2)c1. The molecule has 2 heteroatoms. The van der Waals surface area contributed by atoms with Crippen LogP contribution in [0.1, 0.15) is 24.2 Å². The molecule has 0 aliphatic carbocycles. The lowest BCUT2D eigenvalue weighted by molar-refractivity contribution is 0.198. The molecule has 1 atom stereocenters. The van der Waals surface area contributed by atoms with Crippen LogP contribution in [0.25, 0.3) is 6.08 Å². The molecule has 0 bridgehead atoms. The fourth-order valence-electron chi connectivity index (χ4n) is 1.76. The molecular formula is C17H18O2. The van der Waals surface area contributed by atoms with Crippen LogP contribution >= 0.6 is 0 Å². The number of hydrogen-bond donors (Lipinski definition) is 1. The molecule has 0 heterocycles. The average Bonchev–Trinajstić information content (AvgIpc) is 2.45. The minimum atomic E-state index is -0.469. The molecule has 2 aromatic rings. The van der Waals surface area contributed by atoms with Crippen molar-refractivity contribution in [1.82, 2.24) is 0 Å². The summed E-state index contributed by atoms with van der Waals surface area (Å²) in [7, 11) is 0. The molecular weight excluding hydrogens is 236 g/mol. The van der Waals surface area contributed by atoms with Gasteiger partial charge in [-0.1, -0.05) is 48.5 Å². The van der Waals surface area contributed by atoms with Crippen LogP contribution in [-0.2, 0) is 0 Å². The van der Waals surface area contributed by atoms with Gasteiger partial charge in [0.05, 0.1) is 6.10 Å².